The fourth-order valence-corrected chi connectivity index (χ4v) is 3.88. The molecular formula is C16H25BrN2. The Morgan fingerprint density at radius 3 is 2.68 bits per heavy atom. The van der Waals surface area contributed by atoms with Crippen LogP contribution in [0.4, 0.5) is 0 Å². The third-order valence-electron chi connectivity index (χ3n) is 4.28. The second-order valence-electron chi connectivity index (χ2n) is 6.00. The number of aromatic nitrogens is 1. The Balaban J connectivity index is 1.81. The highest BCUT2D eigenvalue weighted by Crippen LogP contribution is 2.38. The maximum Gasteiger partial charge on any atom is 0.0416 e. The van der Waals surface area contributed by atoms with Gasteiger partial charge in [0.05, 0.1) is 0 Å². The lowest BCUT2D eigenvalue weighted by Gasteiger charge is -2.39. The molecule has 0 amide bonds. The smallest absolute Gasteiger partial charge is 0.0416 e. The van der Waals surface area contributed by atoms with Crippen molar-refractivity contribution in [3.63, 3.8) is 0 Å². The number of rotatable bonds is 6. The molecule has 1 aliphatic rings. The molecule has 1 heterocycles. The summed E-state index contributed by atoms with van der Waals surface area (Å²) in [6.07, 6.45) is 9.93. The van der Waals surface area contributed by atoms with Gasteiger partial charge in [0.1, 0.15) is 0 Å². The Bertz CT molecular complexity index is 360. The molecule has 1 aliphatic carbocycles. The molecule has 0 atom stereocenters. The third kappa shape index (κ3) is 4.57. The van der Waals surface area contributed by atoms with Crippen molar-refractivity contribution in [2.45, 2.75) is 38.5 Å². The van der Waals surface area contributed by atoms with Gasteiger partial charge in [-0.2, -0.15) is 0 Å². The van der Waals surface area contributed by atoms with E-state index in [4.69, 9.17) is 0 Å². The number of halogens is 1. The Morgan fingerprint density at radius 2 is 2.05 bits per heavy atom. The van der Waals surface area contributed by atoms with Gasteiger partial charge in [0.25, 0.3) is 0 Å². The van der Waals surface area contributed by atoms with Crippen molar-refractivity contribution in [1.29, 1.82) is 0 Å². The molecule has 0 aromatic carbocycles. The lowest BCUT2D eigenvalue weighted by Crippen LogP contribution is -2.39. The summed E-state index contributed by atoms with van der Waals surface area (Å²) in [5.74, 6) is 0. The van der Waals surface area contributed by atoms with Gasteiger partial charge in [-0.25, -0.2) is 0 Å². The van der Waals surface area contributed by atoms with Crippen molar-refractivity contribution in [2.75, 3.05) is 25.5 Å². The number of pyridine rings is 1. The zero-order chi connectivity index (χ0) is 13.6. The monoisotopic (exact) mass is 324 g/mol. The second-order valence-corrected chi connectivity index (χ2v) is 6.56. The zero-order valence-corrected chi connectivity index (χ0v) is 13.5. The normalized spacial score (nSPS) is 18.7. The molecule has 106 valence electrons. The van der Waals surface area contributed by atoms with E-state index in [1.54, 1.807) is 0 Å². The topological polar surface area (TPSA) is 16.1 Å². The lowest BCUT2D eigenvalue weighted by molar-refractivity contribution is 0.146. The standard InChI is InChI=1S/C16H25BrN2/c1-19(12-8-15-7-3-6-11-18-15)14-16(13-17)9-4-2-5-10-16/h3,6-7,11H,2,4-5,8-10,12-14H2,1H3. The molecule has 0 saturated heterocycles. The Kier molecular flexibility index (Phi) is 5.83. The van der Waals surface area contributed by atoms with E-state index >= 15 is 0 Å². The van der Waals surface area contributed by atoms with Crippen LogP contribution in [0.5, 0.6) is 0 Å². The Morgan fingerprint density at radius 1 is 1.26 bits per heavy atom. The third-order valence-corrected chi connectivity index (χ3v) is 5.47. The van der Waals surface area contributed by atoms with Crippen molar-refractivity contribution in [2.24, 2.45) is 5.41 Å². The Labute approximate surface area is 125 Å². The van der Waals surface area contributed by atoms with Crippen molar-refractivity contribution in [3.05, 3.63) is 30.1 Å². The van der Waals surface area contributed by atoms with Crippen LogP contribution in [-0.2, 0) is 6.42 Å². The van der Waals surface area contributed by atoms with Gasteiger partial charge in [0.2, 0.25) is 0 Å². The molecule has 3 heteroatoms. The molecule has 0 unspecified atom stereocenters. The fraction of sp³-hybridized carbons (Fsp3) is 0.688. The van der Waals surface area contributed by atoms with Gasteiger partial charge < -0.3 is 4.90 Å². The van der Waals surface area contributed by atoms with Crippen molar-refractivity contribution in [3.8, 4) is 0 Å². The first-order valence-electron chi connectivity index (χ1n) is 7.39. The summed E-state index contributed by atoms with van der Waals surface area (Å²) in [6.45, 7) is 2.32. The van der Waals surface area contributed by atoms with Gasteiger partial charge in [0.15, 0.2) is 0 Å². The van der Waals surface area contributed by atoms with Crippen LogP contribution in [0.15, 0.2) is 24.4 Å². The Hall–Kier alpha value is -0.410. The highest BCUT2D eigenvalue weighted by Gasteiger charge is 2.31. The highest BCUT2D eigenvalue weighted by atomic mass is 79.9. The predicted octanol–water partition coefficient (Wildman–Crippen LogP) is 3.90. The first-order valence-corrected chi connectivity index (χ1v) is 8.51. The average Bonchev–Trinajstić information content (AvgIpc) is 2.47. The molecule has 1 aromatic heterocycles. The summed E-state index contributed by atoms with van der Waals surface area (Å²) in [4.78, 5) is 6.89. The van der Waals surface area contributed by atoms with E-state index in [1.807, 2.05) is 12.3 Å². The van der Waals surface area contributed by atoms with Crippen LogP contribution in [0.3, 0.4) is 0 Å². The van der Waals surface area contributed by atoms with Gasteiger partial charge in [-0.1, -0.05) is 41.3 Å². The largest absolute Gasteiger partial charge is 0.305 e. The van der Waals surface area contributed by atoms with Crippen LogP contribution in [0.25, 0.3) is 0 Å². The van der Waals surface area contributed by atoms with Gasteiger partial charge in [0, 0.05) is 36.7 Å². The van der Waals surface area contributed by atoms with Gasteiger partial charge in [-0.05, 0) is 37.4 Å². The number of alkyl halides is 1. The van der Waals surface area contributed by atoms with Crippen LogP contribution in [-0.4, -0.2) is 35.4 Å². The SMILES string of the molecule is CN(CCc1ccccn1)CC1(CBr)CCCCC1. The number of nitrogens with zero attached hydrogens (tertiary/aromatic N) is 2. The quantitative estimate of drug-likeness (QED) is 0.738. The van der Waals surface area contributed by atoms with E-state index in [0.717, 1.165) is 18.3 Å². The molecule has 0 bridgehead atoms. The molecule has 0 radical (unpaired) electrons. The van der Waals surface area contributed by atoms with Crippen molar-refractivity contribution < 1.29 is 0 Å². The number of hydrogen-bond donors (Lipinski definition) is 0. The first-order chi connectivity index (χ1) is 9.24. The van der Waals surface area contributed by atoms with E-state index in [1.165, 1.54) is 44.3 Å². The van der Waals surface area contributed by atoms with E-state index in [-0.39, 0.29) is 0 Å². The minimum Gasteiger partial charge on any atom is -0.305 e. The van der Waals surface area contributed by atoms with Crippen LogP contribution in [0.2, 0.25) is 0 Å². The molecule has 0 spiro atoms. The second kappa shape index (κ2) is 7.39. The van der Waals surface area contributed by atoms with Crippen molar-refractivity contribution in [1.82, 2.24) is 9.88 Å². The van der Waals surface area contributed by atoms with E-state index in [9.17, 15) is 0 Å². The molecule has 2 nitrogen and oxygen atoms in total. The maximum absolute atomic E-state index is 4.40. The lowest BCUT2D eigenvalue weighted by atomic mass is 9.75. The molecule has 1 saturated carbocycles. The molecule has 1 aromatic rings. The van der Waals surface area contributed by atoms with Crippen LogP contribution in [0.1, 0.15) is 37.8 Å². The molecular weight excluding hydrogens is 300 g/mol. The molecule has 0 N–H and O–H groups in total. The average molecular weight is 325 g/mol. The highest BCUT2D eigenvalue weighted by molar-refractivity contribution is 9.09. The molecule has 19 heavy (non-hydrogen) atoms. The first kappa shape index (κ1) is 15.0. The van der Waals surface area contributed by atoms with E-state index in [2.05, 4.69) is 45.0 Å². The van der Waals surface area contributed by atoms with Gasteiger partial charge >= 0.3 is 0 Å². The summed E-state index contributed by atoms with van der Waals surface area (Å²) in [7, 11) is 2.25. The predicted molar refractivity (Wildman–Crippen MR) is 84.8 cm³/mol. The maximum atomic E-state index is 4.40. The zero-order valence-electron chi connectivity index (χ0n) is 11.9. The molecule has 2 rings (SSSR count). The van der Waals surface area contributed by atoms with E-state index in [0.29, 0.717) is 5.41 Å². The number of likely N-dealkylation sites (N-methyl/N-ethyl adjacent to an activating group) is 1. The summed E-state index contributed by atoms with van der Waals surface area (Å²) in [6, 6.07) is 6.17. The van der Waals surface area contributed by atoms with Crippen LogP contribution < -0.4 is 0 Å². The molecule has 1 fully saturated rings. The summed E-state index contributed by atoms with van der Waals surface area (Å²) >= 11 is 3.75. The van der Waals surface area contributed by atoms with Crippen LogP contribution in [0, 0.1) is 5.41 Å². The minimum atomic E-state index is 0.511. The van der Waals surface area contributed by atoms with E-state index < -0.39 is 0 Å². The summed E-state index contributed by atoms with van der Waals surface area (Å²) in [5.41, 5.74) is 1.71. The summed E-state index contributed by atoms with van der Waals surface area (Å²) < 4.78 is 0. The molecule has 0 aliphatic heterocycles. The van der Waals surface area contributed by atoms with Gasteiger partial charge in [-0.3, -0.25) is 4.98 Å². The van der Waals surface area contributed by atoms with Gasteiger partial charge in [-0.15, -0.1) is 0 Å². The van der Waals surface area contributed by atoms with Crippen LogP contribution >= 0.6 is 15.9 Å². The fourth-order valence-electron chi connectivity index (χ4n) is 3.14. The minimum absolute atomic E-state index is 0.511. The number of hydrogen-bond acceptors (Lipinski definition) is 2. The summed E-state index contributed by atoms with van der Waals surface area (Å²) in [5, 5.41) is 1.15. The van der Waals surface area contributed by atoms with Crippen molar-refractivity contribution >= 4 is 15.9 Å².